The van der Waals surface area contributed by atoms with Crippen molar-refractivity contribution >= 4 is 5.91 Å². The Bertz CT molecular complexity index is 773. The molecule has 1 N–H and O–H groups in total. The fourth-order valence-corrected chi connectivity index (χ4v) is 4.27. The van der Waals surface area contributed by atoms with Crippen molar-refractivity contribution in [3.05, 3.63) is 52.8 Å². The Hall–Kier alpha value is -2.14. The number of nitrogens with one attached hydrogen (secondary N) is 1. The fraction of sp³-hybridized carbons (Fsp3) is 0.545. The van der Waals surface area contributed by atoms with E-state index in [0.717, 1.165) is 43.7 Å². The van der Waals surface area contributed by atoms with Crippen LogP contribution in [0.5, 0.6) is 0 Å². The van der Waals surface area contributed by atoms with Crippen molar-refractivity contribution in [2.24, 2.45) is 0 Å². The number of aromatic nitrogens is 2. The summed E-state index contributed by atoms with van der Waals surface area (Å²) in [6, 6.07) is 10.6. The number of hydrogen-bond acceptors (Lipinski definition) is 3. The second kappa shape index (κ2) is 8.26. The molecule has 0 radical (unpaired) electrons. The number of nitrogens with zero attached hydrogens (tertiary/aromatic N) is 3. The van der Waals surface area contributed by atoms with Crippen molar-refractivity contribution in [2.45, 2.75) is 52.0 Å². The van der Waals surface area contributed by atoms with Crippen LogP contribution in [-0.4, -0.2) is 47.3 Å². The average molecular weight is 369 g/mol. The number of piperidine rings is 1. The van der Waals surface area contributed by atoms with Crippen molar-refractivity contribution in [3.63, 3.8) is 0 Å². The lowest BCUT2D eigenvalue weighted by Gasteiger charge is -2.41. The predicted molar refractivity (Wildman–Crippen MR) is 109 cm³/mol. The molecule has 27 heavy (non-hydrogen) atoms. The number of likely N-dealkylation sites (tertiary alicyclic amines) is 1. The van der Waals surface area contributed by atoms with Crippen LogP contribution in [0.25, 0.3) is 0 Å². The minimum atomic E-state index is 0.0209. The molecule has 146 valence electrons. The van der Waals surface area contributed by atoms with Crippen LogP contribution in [0.4, 0.5) is 0 Å². The highest BCUT2D eigenvalue weighted by atomic mass is 16.2. The second-order valence-electron chi connectivity index (χ2n) is 7.89. The standard InChI is InChI=1S/C22H32N4O/c1-5-20-17(2)24-26(18(20)3)15-21(27)23-16-22(11-13-25(4)14-12-22)19-9-7-6-8-10-19/h6-10H,5,11-16H2,1-4H3,(H,23,27). The molecule has 0 spiro atoms. The smallest absolute Gasteiger partial charge is 0.241 e. The molecule has 2 aromatic rings. The number of benzene rings is 1. The molecule has 0 unspecified atom stereocenters. The van der Waals surface area contributed by atoms with Crippen LogP contribution in [0.1, 0.15) is 42.3 Å². The number of rotatable bonds is 6. The molecule has 1 aliphatic heterocycles. The van der Waals surface area contributed by atoms with E-state index in [1.807, 2.05) is 11.6 Å². The largest absolute Gasteiger partial charge is 0.354 e. The molecule has 0 saturated carbocycles. The highest BCUT2D eigenvalue weighted by Crippen LogP contribution is 2.34. The summed E-state index contributed by atoms with van der Waals surface area (Å²) < 4.78 is 1.84. The van der Waals surface area contributed by atoms with E-state index in [1.165, 1.54) is 11.1 Å². The van der Waals surface area contributed by atoms with Gasteiger partial charge >= 0.3 is 0 Å². The third-order valence-corrected chi connectivity index (χ3v) is 6.13. The number of carbonyl (C=O) groups is 1. The van der Waals surface area contributed by atoms with Crippen LogP contribution >= 0.6 is 0 Å². The van der Waals surface area contributed by atoms with Gasteiger partial charge in [0, 0.05) is 17.7 Å². The third-order valence-electron chi connectivity index (χ3n) is 6.13. The molecular weight excluding hydrogens is 336 g/mol. The topological polar surface area (TPSA) is 50.2 Å². The monoisotopic (exact) mass is 368 g/mol. The summed E-state index contributed by atoms with van der Waals surface area (Å²) in [5.41, 5.74) is 4.73. The van der Waals surface area contributed by atoms with E-state index in [-0.39, 0.29) is 17.9 Å². The van der Waals surface area contributed by atoms with E-state index in [4.69, 9.17) is 0 Å². The molecule has 1 saturated heterocycles. The molecule has 3 rings (SSSR count). The third kappa shape index (κ3) is 4.24. The Morgan fingerprint density at radius 1 is 1.19 bits per heavy atom. The summed E-state index contributed by atoms with van der Waals surface area (Å²) >= 11 is 0. The lowest BCUT2D eigenvalue weighted by atomic mass is 9.72. The average Bonchev–Trinajstić information content (AvgIpc) is 2.95. The normalized spacial score (nSPS) is 17.0. The van der Waals surface area contributed by atoms with Gasteiger partial charge in [0.05, 0.1) is 5.69 Å². The predicted octanol–water partition coefficient (Wildman–Crippen LogP) is 2.84. The van der Waals surface area contributed by atoms with Gasteiger partial charge in [0.15, 0.2) is 0 Å². The maximum Gasteiger partial charge on any atom is 0.241 e. The minimum Gasteiger partial charge on any atom is -0.354 e. The lowest BCUT2D eigenvalue weighted by Crippen LogP contribution is -2.48. The summed E-state index contributed by atoms with van der Waals surface area (Å²) in [6.45, 7) is 9.29. The molecule has 5 nitrogen and oxygen atoms in total. The highest BCUT2D eigenvalue weighted by Gasteiger charge is 2.35. The Morgan fingerprint density at radius 3 is 2.44 bits per heavy atom. The Balaban J connectivity index is 1.70. The van der Waals surface area contributed by atoms with Crippen LogP contribution in [0.15, 0.2) is 30.3 Å². The molecule has 0 atom stereocenters. The van der Waals surface area contributed by atoms with Gasteiger partial charge in [-0.25, -0.2) is 0 Å². The molecule has 1 aromatic heterocycles. The lowest BCUT2D eigenvalue weighted by molar-refractivity contribution is -0.122. The molecule has 2 heterocycles. The fourth-order valence-electron chi connectivity index (χ4n) is 4.27. The van der Waals surface area contributed by atoms with Crippen LogP contribution in [-0.2, 0) is 23.2 Å². The van der Waals surface area contributed by atoms with Gasteiger partial charge in [-0.3, -0.25) is 9.48 Å². The van der Waals surface area contributed by atoms with E-state index in [0.29, 0.717) is 6.54 Å². The Kier molecular flexibility index (Phi) is 6.00. The number of hydrogen-bond donors (Lipinski definition) is 1. The van der Waals surface area contributed by atoms with Gasteiger partial charge in [0.1, 0.15) is 6.54 Å². The maximum absolute atomic E-state index is 12.7. The van der Waals surface area contributed by atoms with Gasteiger partial charge in [-0.05, 0) is 64.4 Å². The van der Waals surface area contributed by atoms with E-state index in [1.54, 1.807) is 0 Å². The summed E-state index contributed by atoms with van der Waals surface area (Å²) in [5.74, 6) is 0.0393. The Labute approximate surface area is 162 Å². The molecule has 1 aromatic carbocycles. The zero-order chi connectivity index (χ0) is 19.4. The van der Waals surface area contributed by atoms with E-state index < -0.39 is 0 Å². The molecule has 1 fully saturated rings. The highest BCUT2D eigenvalue weighted by molar-refractivity contribution is 5.76. The van der Waals surface area contributed by atoms with Gasteiger partial charge in [-0.2, -0.15) is 5.10 Å². The molecule has 0 aliphatic carbocycles. The van der Waals surface area contributed by atoms with Crippen molar-refractivity contribution in [3.8, 4) is 0 Å². The second-order valence-corrected chi connectivity index (χ2v) is 7.89. The SMILES string of the molecule is CCc1c(C)nn(CC(=O)NCC2(c3ccccc3)CCN(C)CC2)c1C. The van der Waals surface area contributed by atoms with E-state index >= 15 is 0 Å². The molecular formula is C22H32N4O. The van der Waals surface area contributed by atoms with Crippen LogP contribution in [0, 0.1) is 13.8 Å². The summed E-state index contributed by atoms with van der Waals surface area (Å²) in [6.07, 6.45) is 3.07. The molecule has 0 bridgehead atoms. The number of aryl methyl sites for hydroxylation is 1. The Morgan fingerprint density at radius 2 is 1.85 bits per heavy atom. The maximum atomic E-state index is 12.7. The summed E-state index contributed by atoms with van der Waals surface area (Å²) in [5, 5.41) is 7.76. The zero-order valence-corrected chi connectivity index (χ0v) is 17.1. The van der Waals surface area contributed by atoms with Gasteiger partial charge in [-0.1, -0.05) is 37.3 Å². The quantitative estimate of drug-likeness (QED) is 0.853. The van der Waals surface area contributed by atoms with E-state index in [9.17, 15) is 4.79 Å². The van der Waals surface area contributed by atoms with E-state index in [2.05, 4.69) is 66.5 Å². The van der Waals surface area contributed by atoms with Crippen molar-refractivity contribution in [1.82, 2.24) is 20.0 Å². The first-order valence-corrected chi connectivity index (χ1v) is 9.99. The number of amides is 1. The van der Waals surface area contributed by atoms with Crippen molar-refractivity contribution in [1.29, 1.82) is 0 Å². The van der Waals surface area contributed by atoms with Crippen LogP contribution in [0.3, 0.4) is 0 Å². The molecule has 5 heteroatoms. The molecule has 1 amide bonds. The van der Waals surface area contributed by atoms with Gasteiger partial charge in [0.2, 0.25) is 5.91 Å². The first-order chi connectivity index (χ1) is 12.9. The van der Waals surface area contributed by atoms with Gasteiger partial charge in [-0.15, -0.1) is 0 Å². The zero-order valence-electron chi connectivity index (χ0n) is 17.1. The van der Waals surface area contributed by atoms with Gasteiger partial charge in [0.25, 0.3) is 0 Å². The summed E-state index contributed by atoms with van der Waals surface area (Å²) in [4.78, 5) is 15.0. The van der Waals surface area contributed by atoms with Crippen molar-refractivity contribution < 1.29 is 4.79 Å². The van der Waals surface area contributed by atoms with Gasteiger partial charge < -0.3 is 10.2 Å². The summed E-state index contributed by atoms with van der Waals surface area (Å²) in [7, 11) is 2.17. The first kappa shape index (κ1) is 19.6. The van der Waals surface area contributed by atoms with Crippen molar-refractivity contribution in [2.75, 3.05) is 26.7 Å². The van der Waals surface area contributed by atoms with Crippen LogP contribution in [0.2, 0.25) is 0 Å². The number of carbonyl (C=O) groups excluding carboxylic acids is 1. The minimum absolute atomic E-state index is 0.0209. The van der Waals surface area contributed by atoms with Crippen LogP contribution < -0.4 is 5.32 Å². The molecule has 1 aliphatic rings. The first-order valence-electron chi connectivity index (χ1n) is 9.99.